The molecular weight excluding hydrogens is 660 g/mol. The molecule has 15 heteroatoms. The first-order valence-corrected chi connectivity index (χ1v) is 14.4. The van der Waals surface area contributed by atoms with Gasteiger partial charge in [-0.15, -0.1) is 0 Å². The molecule has 15 nitrogen and oxygen atoms in total. The zero-order valence-corrected chi connectivity index (χ0v) is 27.9. The van der Waals surface area contributed by atoms with Crippen LogP contribution in [0.2, 0.25) is 0 Å². The van der Waals surface area contributed by atoms with Crippen LogP contribution in [-0.2, 0) is 14.2 Å². The Bertz CT molecular complexity index is 2000. The number of esters is 4. The van der Waals surface area contributed by atoms with Crippen LogP contribution in [0, 0.1) is 13.8 Å². The number of carbonyl (C=O) groups excluding carboxylic acids is 4. The second-order valence-corrected chi connectivity index (χ2v) is 10.4. The van der Waals surface area contributed by atoms with Gasteiger partial charge in [0.25, 0.3) is 0 Å². The predicted molar refractivity (Wildman–Crippen MR) is 172 cm³/mol. The number of ether oxygens (including phenoxy) is 8. The molecule has 262 valence electrons. The molecule has 0 aliphatic rings. The van der Waals surface area contributed by atoms with E-state index in [1.807, 2.05) is 0 Å². The minimum absolute atomic E-state index is 0.106. The van der Waals surface area contributed by atoms with E-state index in [9.17, 15) is 34.5 Å². The van der Waals surface area contributed by atoms with Crippen molar-refractivity contribution in [3.63, 3.8) is 0 Å². The molecule has 50 heavy (non-hydrogen) atoms. The highest BCUT2D eigenvalue weighted by Gasteiger charge is 2.29. The van der Waals surface area contributed by atoms with Crippen molar-refractivity contribution in [3.8, 4) is 57.5 Å². The number of hydrogen-bond donors (Lipinski definition) is 3. The standard InChI is InChI=1S/C35H32O15/c1-16-8-22(37)28(34(41)47-7)24(10-16)49-31-21(33(40)46-6)14-19(15-27(31)44-4)48-35(42)29-23(38)9-17(2)11-25(29)50-30-20(32(39)45-5)12-18(36)13-26(30)43-3/h8-15,36-38H,1-7H3. The molecule has 0 unspecified atom stereocenters. The Morgan fingerprint density at radius 1 is 0.500 bits per heavy atom. The summed E-state index contributed by atoms with van der Waals surface area (Å²) >= 11 is 0. The van der Waals surface area contributed by atoms with Crippen LogP contribution in [0.1, 0.15) is 52.6 Å². The van der Waals surface area contributed by atoms with Crippen molar-refractivity contribution in [1.29, 1.82) is 0 Å². The first-order chi connectivity index (χ1) is 23.8. The molecule has 0 amide bonds. The molecule has 0 aromatic heterocycles. The fraction of sp³-hybridized carbons (Fsp3) is 0.200. The molecule has 0 heterocycles. The predicted octanol–water partition coefficient (Wildman–Crippen LogP) is 5.60. The molecule has 3 N–H and O–H groups in total. The van der Waals surface area contributed by atoms with Gasteiger partial charge < -0.3 is 53.2 Å². The quantitative estimate of drug-likeness (QED) is 0.0994. The summed E-state index contributed by atoms with van der Waals surface area (Å²) in [5.41, 5.74) is -0.490. The minimum atomic E-state index is -1.18. The van der Waals surface area contributed by atoms with Gasteiger partial charge in [0.2, 0.25) is 0 Å². The van der Waals surface area contributed by atoms with Gasteiger partial charge in [-0.1, -0.05) is 0 Å². The fourth-order valence-electron chi connectivity index (χ4n) is 4.78. The zero-order valence-electron chi connectivity index (χ0n) is 27.9. The second kappa shape index (κ2) is 15.1. The van der Waals surface area contributed by atoms with Gasteiger partial charge in [0.05, 0.1) is 35.5 Å². The number of methoxy groups -OCH3 is 5. The van der Waals surface area contributed by atoms with E-state index >= 15 is 0 Å². The summed E-state index contributed by atoms with van der Waals surface area (Å²) in [5, 5.41) is 31.5. The van der Waals surface area contributed by atoms with Crippen LogP contribution in [0.3, 0.4) is 0 Å². The fourth-order valence-corrected chi connectivity index (χ4v) is 4.78. The molecule has 4 rings (SSSR count). The maximum atomic E-state index is 13.7. The molecule has 0 aliphatic carbocycles. The molecule has 4 aromatic rings. The Balaban J connectivity index is 1.82. The molecule has 0 aliphatic heterocycles. The summed E-state index contributed by atoms with van der Waals surface area (Å²) in [6.45, 7) is 3.23. The van der Waals surface area contributed by atoms with Gasteiger partial charge in [0.15, 0.2) is 23.0 Å². The van der Waals surface area contributed by atoms with Crippen molar-refractivity contribution in [2.45, 2.75) is 13.8 Å². The van der Waals surface area contributed by atoms with Crippen molar-refractivity contribution in [2.24, 2.45) is 0 Å². The minimum Gasteiger partial charge on any atom is -0.508 e. The van der Waals surface area contributed by atoms with E-state index in [-0.39, 0.29) is 62.7 Å². The summed E-state index contributed by atoms with van der Waals surface area (Å²) in [6.07, 6.45) is 0. The van der Waals surface area contributed by atoms with E-state index in [4.69, 9.17) is 37.9 Å². The van der Waals surface area contributed by atoms with Crippen LogP contribution in [0.4, 0.5) is 0 Å². The lowest BCUT2D eigenvalue weighted by molar-refractivity contribution is 0.0584. The summed E-state index contributed by atoms with van der Waals surface area (Å²) in [7, 11) is 5.79. The summed E-state index contributed by atoms with van der Waals surface area (Å²) in [4.78, 5) is 51.7. The van der Waals surface area contributed by atoms with E-state index in [1.165, 1.54) is 44.6 Å². The lowest BCUT2D eigenvalue weighted by Crippen LogP contribution is -2.13. The molecule has 0 fully saturated rings. The number of aromatic hydroxyl groups is 3. The Morgan fingerprint density at radius 3 is 1.40 bits per heavy atom. The van der Waals surface area contributed by atoms with Gasteiger partial charge in [-0.05, 0) is 61.4 Å². The molecule has 0 saturated heterocycles. The van der Waals surface area contributed by atoms with Crippen molar-refractivity contribution < 1.29 is 72.4 Å². The third-order valence-electron chi connectivity index (χ3n) is 7.00. The largest absolute Gasteiger partial charge is 0.508 e. The molecule has 4 aromatic carbocycles. The lowest BCUT2D eigenvalue weighted by Gasteiger charge is -2.19. The van der Waals surface area contributed by atoms with E-state index in [2.05, 4.69) is 0 Å². The lowest BCUT2D eigenvalue weighted by atomic mass is 10.1. The highest BCUT2D eigenvalue weighted by Crippen LogP contribution is 2.44. The van der Waals surface area contributed by atoms with E-state index in [1.54, 1.807) is 13.8 Å². The van der Waals surface area contributed by atoms with Crippen LogP contribution in [0.15, 0.2) is 48.5 Å². The van der Waals surface area contributed by atoms with Gasteiger partial charge in [-0.2, -0.15) is 0 Å². The highest BCUT2D eigenvalue weighted by atomic mass is 16.6. The number of phenols is 3. The summed E-state index contributed by atoms with van der Waals surface area (Å²) < 4.78 is 42.7. The van der Waals surface area contributed by atoms with Crippen LogP contribution < -0.4 is 23.7 Å². The average Bonchev–Trinajstić information content (AvgIpc) is 3.07. The van der Waals surface area contributed by atoms with Crippen molar-refractivity contribution in [1.82, 2.24) is 0 Å². The smallest absolute Gasteiger partial charge is 0.351 e. The van der Waals surface area contributed by atoms with Gasteiger partial charge in [0, 0.05) is 12.1 Å². The number of hydrogen-bond acceptors (Lipinski definition) is 15. The Hall–Kier alpha value is -6.64. The van der Waals surface area contributed by atoms with Gasteiger partial charge in [0.1, 0.15) is 56.8 Å². The third kappa shape index (κ3) is 7.41. The molecule has 0 bridgehead atoms. The van der Waals surface area contributed by atoms with Crippen molar-refractivity contribution in [3.05, 3.63) is 81.9 Å². The van der Waals surface area contributed by atoms with Crippen molar-refractivity contribution in [2.75, 3.05) is 35.5 Å². The van der Waals surface area contributed by atoms with E-state index in [0.717, 1.165) is 39.5 Å². The van der Waals surface area contributed by atoms with Crippen LogP contribution in [-0.4, -0.2) is 74.7 Å². The van der Waals surface area contributed by atoms with Gasteiger partial charge in [-0.3, -0.25) is 0 Å². The maximum absolute atomic E-state index is 13.7. The van der Waals surface area contributed by atoms with Gasteiger partial charge in [-0.25, -0.2) is 19.2 Å². The Morgan fingerprint density at radius 2 is 0.940 bits per heavy atom. The molecule has 0 spiro atoms. The van der Waals surface area contributed by atoms with E-state index in [0.29, 0.717) is 11.1 Å². The average molecular weight is 693 g/mol. The molecule has 0 atom stereocenters. The summed E-state index contributed by atoms with van der Waals surface area (Å²) in [6, 6.07) is 9.84. The van der Waals surface area contributed by atoms with Crippen LogP contribution >= 0.6 is 0 Å². The molecule has 0 radical (unpaired) electrons. The Labute approximate surface area is 285 Å². The first kappa shape index (κ1) is 36.2. The highest BCUT2D eigenvalue weighted by molar-refractivity contribution is 6.00. The monoisotopic (exact) mass is 692 g/mol. The van der Waals surface area contributed by atoms with Crippen molar-refractivity contribution >= 4 is 23.9 Å². The zero-order chi connectivity index (χ0) is 36.9. The second-order valence-electron chi connectivity index (χ2n) is 10.4. The first-order valence-electron chi connectivity index (χ1n) is 14.4. The number of carbonyl (C=O) groups is 4. The number of rotatable bonds is 11. The topological polar surface area (TPSA) is 203 Å². The number of phenolic OH excluding ortho intramolecular Hbond substituents is 3. The SMILES string of the molecule is COC(=O)c1cc(OC(=O)c2c(O)cc(C)cc2Oc2c(OC)cc(O)cc2C(=O)OC)cc(OC)c1Oc1cc(C)cc(O)c1C(=O)OC. The summed E-state index contributed by atoms with van der Waals surface area (Å²) in [5.74, 6) is -6.91. The van der Waals surface area contributed by atoms with E-state index < -0.39 is 40.9 Å². The third-order valence-corrected chi connectivity index (χ3v) is 7.00. The van der Waals surface area contributed by atoms with Crippen LogP contribution in [0.5, 0.6) is 57.5 Å². The number of aryl methyl sites for hydroxylation is 2. The maximum Gasteiger partial charge on any atom is 0.351 e. The molecular formula is C35H32O15. The molecule has 0 saturated carbocycles. The van der Waals surface area contributed by atoms with Crippen LogP contribution in [0.25, 0.3) is 0 Å². The normalized spacial score (nSPS) is 10.5. The number of benzene rings is 4. The Kier molecular flexibility index (Phi) is 10.9. The van der Waals surface area contributed by atoms with Gasteiger partial charge >= 0.3 is 23.9 Å².